The molecule has 0 aliphatic carbocycles. The Kier molecular flexibility index (Phi) is 7.32. The van der Waals surface area contributed by atoms with E-state index in [2.05, 4.69) is 21.2 Å². The number of carbonyl (C=O) groups excluding carboxylic acids is 1. The van der Waals surface area contributed by atoms with Crippen LogP contribution in [0.1, 0.15) is 28.8 Å². The molecule has 3 rings (SSSR count). The first-order chi connectivity index (χ1) is 13.8. The monoisotopic (exact) mass is 480 g/mol. The first kappa shape index (κ1) is 21.8. The summed E-state index contributed by atoms with van der Waals surface area (Å²) in [5.74, 6) is 0.622. The predicted octanol–water partition coefficient (Wildman–Crippen LogP) is 3.43. The normalized spacial score (nSPS) is 15.8. The van der Waals surface area contributed by atoms with Crippen LogP contribution in [0.2, 0.25) is 0 Å². The van der Waals surface area contributed by atoms with Crippen LogP contribution in [0, 0.1) is 5.92 Å². The van der Waals surface area contributed by atoms with Crippen molar-refractivity contribution in [1.82, 2.24) is 9.62 Å². The van der Waals surface area contributed by atoms with Crippen molar-refractivity contribution >= 4 is 31.9 Å². The smallest absolute Gasteiger partial charge is 0.255 e. The number of para-hydroxylation sites is 1. The average Bonchev–Trinajstić information content (AvgIpc) is 2.71. The Morgan fingerprint density at radius 3 is 2.48 bits per heavy atom. The number of sulfonamides is 1. The molecular weight excluding hydrogens is 456 g/mol. The zero-order valence-corrected chi connectivity index (χ0v) is 18.7. The van der Waals surface area contributed by atoms with Crippen molar-refractivity contribution in [2.24, 2.45) is 5.92 Å². The molecule has 0 atom stereocenters. The first-order valence-electron chi connectivity index (χ1n) is 9.53. The summed E-state index contributed by atoms with van der Waals surface area (Å²) in [4.78, 5) is 12.7. The van der Waals surface area contributed by atoms with Gasteiger partial charge in [-0.1, -0.05) is 46.3 Å². The zero-order chi connectivity index (χ0) is 20.9. The third-order valence-corrected chi connectivity index (χ3v) is 7.14. The number of carbonyl (C=O) groups is 1. The fourth-order valence-electron chi connectivity index (χ4n) is 3.33. The number of piperidine rings is 1. The van der Waals surface area contributed by atoms with Gasteiger partial charge in [0.25, 0.3) is 5.91 Å². The summed E-state index contributed by atoms with van der Waals surface area (Å²) >= 11 is 3.50. The Morgan fingerprint density at radius 2 is 1.79 bits per heavy atom. The Hall–Kier alpha value is -1.90. The summed E-state index contributed by atoms with van der Waals surface area (Å²) in [7, 11) is -3.14. The molecule has 1 heterocycles. The molecule has 0 saturated carbocycles. The number of rotatable bonds is 7. The summed E-state index contributed by atoms with van der Waals surface area (Å²) in [6, 6.07) is 15.0. The molecule has 1 aliphatic rings. The number of nitrogens with zero attached hydrogens (tertiary/aromatic N) is 1. The van der Waals surface area contributed by atoms with Crippen molar-refractivity contribution in [3.63, 3.8) is 0 Å². The molecule has 1 saturated heterocycles. The van der Waals surface area contributed by atoms with Crippen LogP contribution in [-0.2, 0) is 16.6 Å². The van der Waals surface area contributed by atoms with Crippen LogP contribution in [0.4, 0.5) is 0 Å². The van der Waals surface area contributed by atoms with Gasteiger partial charge < -0.3 is 10.1 Å². The highest BCUT2D eigenvalue weighted by Gasteiger charge is 2.25. The standard InChI is InChI=1S/C21H25BrN2O4S/c1-29(26,27)24-12-10-16(11-13-24)14-23-21(25)18-7-3-5-9-20(18)28-15-17-6-2-4-8-19(17)22/h2-9,16H,10-15H2,1H3,(H,23,25). The van der Waals surface area contributed by atoms with Crippen molar-refractivity contribution in [3.05, 3.63) is 64.1 Å². The molecule has 0 bridgehead atoms. The van der Waals surface area contributed by atoms with Crippen LogP contribution < -0.4 is 10.1 Å². The Bertz CT molecular complexity index is 957. The number of amides is 1. The van der Waals surface area contributed by atoms with Crippen molar-refractivity contribution in [2.45, 2.75) is 19.4 Å². The van der Waals surface area contributed by atoms with E-state index in [-0.39, 0.29) is 11.8 Å². The van der Waals surface area contributed by atoms with E-state index >= 15 is 0 Å². The van der Waals surface area contributed by atoms with Gasteiger partial charge in [0, 0.05) is 29.7 Å². The number of benzene rings is 2. The molecule has 0 radical (unpaired) electrons. The van der Waals surface area contributed by atoms with E-state index in [4.69, 9.17) is 4.74 Å². The van der Waals surface area contributed by atoms with Crippen molar-refractivity contribution in [3.8, 4) is 5.75 Å². The summed E-state index contributed by atoms with van der Waals surface area (Å²) in [5, 5.41) is 2.98. The highest BCUT2D eigenvalue weighted by atomic mass is 79.9. The highest BCUT2D eigenvalue weighted by Crippen LogP contribution is 2.23. The van der Waals surface area contributed by atoms with Gasteiger partial charge in [0.2, 0.25) is 10.0 Å². The van der Waals surface area contributed by atoms with Gasteiger partial charge in [-0.2, -0.15) is 0 Å². The first-order valence-corrected chi connectivity index (χ1v) is 12.2. The maximum absolute atomic E-state index is 12.7. The molecule has 1 aliphatic heterocycles. The van der Waals surface area contributed by atoms with Gasteiger partial charge in [-0.25, -0.2) is 12.7 Å². The van der Waals surface area contributed by atoms with Crippen LogP contribution in [0.25, 0.3) is 0 Å². The summed E-state index contributed by atoms with van der Waals surface area (Å²) in [6.07, 6.45) is 2.72. The lowest BCUT2D eigenvalue weighted by atomic mass is 9.98. The minimum atomic E-state index is -3.14. The lowest BCUT2D eigenvalue weighted by molar-refractivity contribution is 0.0937. The number of hydrogen-bond acceptors (Lipinski definition) is 4. The maximum Gasteiger partial charge on any atom is 0.255 e. The minimum Gasteiger partial charge on any atom is -0.488 e. The molecule has 1 amide bonds. The second kappa shape index (κ2) is 9.73. The molecule has 8 heteroatoms. The minimum absolute atomic E-state index is 0.182. The van der Waals surface area contributed by atoms with Crippen LogP contribution in [0.3, 0.4) is 0 Å². The molecule has 156 valence electrons. The van der Waals surface area contributed by atoms with Gasteiger partial charge in [0.05, 0.1) is 11.8 Å². The van der Waals surface area contributed by atoms with E-state index in [1.54, 1.807) is 12.1 Å². The van der Waals surface area contributed by atoms with E-state index in [1.165, 1.54) is 10.6 Å². The van der Waals surface area contributed by atoms with Gasteiger partial charge >= 0.3 is 0 Å². The fourth-order valence-corrected chi connectivity index (χ4v) is 4.60. The van der Waals surface area contributed by atoms with Gasteiger partial charge in [0.1, 0.15) is 12.4 Å². The Balaban J connectivity index is 1.56. The number of ether oxygens (including phenoxy) is 1. The molecule has 1 N–H and O–H groups in total. The van der Waals surface area contributed by atoms with E-state index < -0.39 is 10.0 Å². The van der Waals surface area contributed by atoms with Gasteiger partial charge in [-0.15, -0.1) is 0 Å². The molecule has 6 nitrogen and oxygen atoms in total. The average molecular weight is 481 g/mol. The molecule has 0 aromatic heterocycles. The Morgan fingerprint density at radius 1 is 1.14 bits per heavy atom. The SMILES string of the molecule is CS(=O)(=O)N1CCC(CNC(=O)c2ccccc2OCc2ccccc2Br)CC1. The number of hydrogen-bond donors (Lipinski definition) is 1. The molecule has 1 fully saturated rings. The van der Waals surface area contributed by atoms with Crippen LogP contribution in [0.5, 0.6) is 5.75 Å². The summed E-state index contributed by atoms with van der Waals surface area (Å²) in [6.45, 7) is 1.89. The maximum atomic E-state index is 12.7. The van der Waals surface area contributed by atoms with Crippen molar-refractivity contribution in [1.29, 1.82) is 0 Å². The molecular formula is C21H25BrN2O4S. The van der Waals surface area contributed by atoms with Gasteiger partial charge in [0.15, 0.2) is 0 Å². The number of nitrogens with one attached hydrogen (secondary N) is 1. The van der Waals surface area contributed by atoms with Crippen LogP contribution >= 0.6 is 15.9 Å². The largest absolute Gasteiger partial charge is 0.488 e. The quantitative estimate of drug-likeness (QED) is 0.658. The highest BCUT2D eigenvalue weighted by molar-refractivity contribution is 9.10. The van der Waals surface area contributed by atoms with Crippen molar-refractivity contribution < 1.29 is 17.9 Å². The number of halogens is 1. The zero-order valence-electron chi connectivity index (χ0n) is 16.3. The third kappa shape index (κ3) is 6.04. The summed E-state index contributed by atoms with van der Waals surface area (Å²) in [5.41, 5.74) is 1.49. The van der Waals surface area contributed by atoms with E-state index in [0.29, 0.717) is 37.6 Å². The Labute approximate surface area is 180 Å². The molecule has 2 aromatic rings. The third-order valence-electron chi connectivity index (χ3n) is 5.07. The topological polar surface area (TPSA) is 75.7 Å². The second-order valence-electron chi connectivity index (χ2n) is 7.19. The predicted molar refractivity (Wildman–Crippen MR) is 116 cm³/mol. The van der Waals surface area contributed by atoms with Crippen LogP contribution in [0.15, 0.2) is 53.0 Å². The lowest BCUT2D eigenvalue weighted by Crippen LogP contribution is -2.41. The van der Waals surface area contributed by atoms with Gasteiger partial charge in [-0.05, 0) is 37.0 Å². The van der Waals surface area contributed by atoms with E-state index in [1.807, 2.05) is 36.4 Å². The molecule has 2 aromatic carbocycles. The lowest BCUT2D eigenvalue weighted by Gasteiger charge is -2.30. The molecule has 29 heavy (non-hydrogen) atoms. The molecule has 0 unspecified atom stereocenters. The van der Waals surface area contributed by atoms with Crippen LogP contribution in [-0.4, -0.2) is 44.5 Å². The van der Waals surface area contributed by atoms with E-state index in [9.17, 15) is 13.2 Å². The fraction of sp³-hybridized carbons (Fsp3) is 0.381. The second-order valence-corrected chi connectivity index (χ2v) is 10.0. The van der Waals surface area contributed by atoms with Crippen molar-refractivity contribution in [2.75, 3.05) is 25.9 Å². The van der Waals surface area contributed by atoms with Gasteiger partial charge in [-0.3, -0.25) is 4.79 Å². The molecule has 0 spiro atoms. The van der Waals surface area contributed by atoms with E-state index in [0.717, 1.165) is 22.9 Å². The summed E-state index contributed by atoms with van der Waals surface area (Å²) < 4.78 is 31.6.